The van der Waals surface area contributed by atoms with E-state index >= 15 is 0 Å². The highest BCUT2D eigenvalue weighted by atomic mass is 32.1. The fourth-order valence-electron chi connectivity index (χ4n) is 2.56. The van der Waals surface area contributed by atoms with Crippen molar-refractivity contribution >= 4 is 17.3 Å². The van der Waals surface area contributed by atoms with Gasteiger partial charge < -0.3 is 15.4 Å². The van der Waals surface area contributed by atoms with E-state index in [0.717, 1.165) is 31.2 Å². The second-order valence-corrected chi connectivity index (χ2v) is 9.13. The molecule has 154 valence electrons. The van der Waals surface area contributed by atoms with Crippen LogP contribution < -0.4 is 10.6 Å². The van der Waals surface area contributed by atoms with Gasteiger partial charge in [0, 0.05) is 24.4 Å². The zero-order valence-electron chi connectivity index (χ0n) is 18.1. The van der Waals surface area contributed by atoms with E-state index in [4.69, 9.17) is 9.73 Å². The lowest BCUT2D eigenvalue weighted by Gasteiger charge is -2.19. The zero-order valence-corrected chi connectivity index (χ0v) is 18.9. The van der Waals surface area contributed by atoms with Gasteiger partial charge >= 0.3 is 0 Å². The van der Waals surface area contributed by atoms with Crippen LogP contribution in [0.5, 0.6) is 0 Å². The standard InChI is InChI=1S/C22H34N4OS/c1-7-23-21(24-12-11-20-26-16(2)17(3)28-20)25-14-18-9-8-10-19(13-18)15-27-22(4,5)6/h8-10,13H,7,11-12,14-15H2,1-6H3,(H2,23,24,25). The molecule has 1 aromatic heterocycles. The van der Waals surface area contributed by atoms with Crippen molar-refractivity contribution in [3.8, 4) is 0 Å². The molecule has 0 saturated heterocycles. The lowest BCUT2D eigenvalue weighted by molar-refractivity contribution is -0.0149. The van der Waals surface area contributed by atoms with E-state index in [1.165, 1.54) is 21.0 Å². The van der Waals surface area contributed by atoms with Gasteiger partial charge in [-0.05, 0) is 52.7 Å². The maximum absolute atomic E-state index is 5.87. The molecule has 0 aliphatic heterocycles. The van der Waals surface area contributed by atoms with Crippen molar-refractivity contribution in [3.05, 3.63) is 51.0 Å². The number of aliphatic imine (C=N–C) groups is 1. The minimum absolute atomic E-state index is 0.134. The lowest BCUT2D eigenvalue weighted by atomic mass is 10.1. The molecule has 28 heavy (non-hydrogen) atoms. The number of hydrogen-bond donors (Lipinski definition) is 2. The van der Waals surface area contributed by atoms with Crippen LogP contribution in [0.1, 0.15) is 54.4 Å². The van der Waals surface area contributed by atoms with Crippen molar-refractivity contribution in [1.29, 1.82) is 0 Å². The maximum atomic E-state index is 5.87. The Kier molecular flexibility index (Phi) is 8.45. The lowest BCUT2D eigenvalue weighted by Crippen LogP contribution is -2.38. The number of aromatic nitrogens is 1. The molecule has 0 amide bonds. The average Bonchev–Trinajstić information content (AvgIpc) is 2.95. The van der Waals surface area contributed by atoms with Crippen LogP contribution in [0, 0.1) is 13.8 Å². The molecule has 0 spiro atoms. The molecule has 2 rings (SSSR count). The summed E-state index contributed by atoms with van der Waals surface area (Å²) in [7, 11) is 0. The van der Waals surface area contributed by atoms with Gasteiger partial charge in [0.1, 0.15) is 0 Å². The van der Waals surface area contributed by atoms with E-state index in [1.54, 1.807) is 11.3 Å². The van der Waals surface area contributed by atoms with Gasteiger partial charge in [-0.15, -0.1) is 11.3 Å². The second-order valence-electron chi connectivity index (χ2n) is 7.84. The van der Waals surface area contributed by atoms with Gasteiger partial charge in [0.15, 0.2) is 5.96 Å². The molecular weight excluding hydrogens is 368 g/mol. The average molecular weight is 403 g/mol. The zero-order chi connectivity index (χ0) is 20.6. The summed E-state index contributed by atoms with van der Waals surface area (Å²) in [4.78, 5) is 10.6. The molecule has 5 nitrogen and oxygen atoms in total. The Hall–Kier alpha value is -1.92. The third-order valence-corrected chi connectivity index (χ3v) is 5.26. The molecule has 0 aliphatic rings. The third kappa shape index (κ3) is 7.98. The predicted molar refractivity (Wildman–Crippen MR) is 119 cm³/mol. The fraction of sp³-hybridized carbons (Fsp3) is 0.545. The summed E-state index contributed by atoms with van der Waals surface area (Å²) in [6, 6.07) is 8.44. The quantitative estimate of drug-likeness (QED) is 0.508. The predicted octanol–water partition coefficient (Wildman–Crippen LogP) is 4.37. The van der Waals surface area contributed by atoms with Crippen LogP contribution >= 0.6 is 11.3 Å². The van der Waals surface area contributed by atoms with Crippen LogP contribution in [0.2, 0.25) is 0 Å². The molecule has 1 heterocycles. The second kappa shape index (κ2) is 10.6. The van der Waals surface area contributed by atoms with Gasteiger partial charge in [0.05, 0.1) is 29.5 Å². The molecule has 0 radical (unpaired) electrons. The van der Waals surface area contributed by atoms with Crippen molar-refractivity contribution in [3.63, 3.8) is 0 Å². The van der Waals surface area contributed by atoms with Crippen molar-refractivity contribution in [2.24, 2.45) is 4.99 Å². The molecule has 0 fully saturated rings. The van der Waals surface area contributed by atoms with Gasteiger partial charge in [0.25, 0.3) is 0 Å². The van der Waals surface area contributed by atoms with Gasteiger partial charge in [-0.2, -0.15) is 0 Å². The summed E-state index contributed by atoms with van der Waals surface area (Å²) >= 11 is 1.77. The van der Waals surface area contributed by atoms with Gasteiger partial charge in [-0.3, -0.25) is 0 Å². The molecule has 2 N–H and O–H groups in total. The first kappa shape index (κ1) is 22.4. The highest BCUT2D eigenvalue weighted by Gasteiger charge is 2.10. The van der Waals surface area contributed by atoms with Crippen LogP contribution in [-0.4, -0.2) is 29.6 Å². The smallest absolute Gasteiger partial charge is 0.191 e. The molecule has 2 aromatic rings. The van der Waals surface area contributed by atoms with Crippen molar-refractivity contribution < 1.29 is 4.74 Å². The number of benzene rings is 1. The van der Waals surface area contributed by atoms with Crippen LogP contribution in [0.15, 0.2) is 29.3 Å². The topological polar surface area (TPSA) is 58.5 Å². The molecule has 1 aromatic carbocycles. The molecule has 0 atom stereocenters. The number of thiazole rings is 1. The Morgan fingerprint density at radius 1 is 1.18 bits per heavy atom. The first-order chi connectivity index (χ1) is 13.3. The number of guanidine groups is 1. The number of aryl methyl sites for hydroxylation is 2. The minimum atomic E-state index is -0.134. The Balaban J connectivity index is 1.90. The summed E-state index contributed by atoms with van der Waals surface area (Å²) in [5.74, 6) is 0.837. The van der Waals surface area contributed by atoms with Gasteiger partial charge in [-0.25, -0.2) is 9.98 Å². The highest BCUT2D eigenvalue weighted by Crippen LogP contribution is 2.16. The van der Waals surface area contributed by atoms with E-state index in [1.807, 2.05) is 0 Å². The van der Waals surface area contributed by atoms with E-state index in [0.29, 0.717) is 13.2 Å². The Bertz CT molecular complexity index is 758. The molecular formula is C22H34N4OS. The number of hydrogen-bond acceptors (Lipinski definition) is 4. The Labute approximate surface area is 173 Å². The SMILES string of the molecule is CCNC(=NCc1cccc(COC(C)(C)C)c1)NCCc1nc(C)c(C)s1. The Morgan fingerprint density at radius 2 is 1.93 bits per heavy atom. The molecule has 0 unspecified atom stereocenters. The Morgan fingerprint density at radius 3 is 2.57 bits per heavy atom. The van der Waals surface area contributed by atoms with Crippen molar-refractivity contribution in [1.82, 2.24) is 15.6 Å². The number of rotatable bonds is 8. The molecule has 6 heteroatoms. The normalized spacial score (nSPS) is 12.3. The summed E-state index contributed by atoms with van der Waals surface area (Å²) in [5, 5.41) is 7.89. The van der Waals surface area contributed by atoms with Crippen LogP contribution in [0.4, 0.5) is 0 Å². The largest absolute Gasteiger partial charge is 0.371 e. The number of nitrogens with zero attached hydrogens (tertiary/aromatic N) is 2. The van der Waals surface area contributed by atoms with Crippen LogP contribution in [0.25, 0.3) is 0 Å². The molecule has 0 bridgehead atoms. The maximum Gasteiger partial charge on any atom is 0.191 e. The van der Waals surface area contributed by atoms with E-state index in [9.17, 15) is 0 Å². The van der Waals surface area contributed by atoms with E-state index < -0.39 is 0 Å². The monoisotopic (exact) mass is 402 g/mol. The van der Waals surface area contributed by atoms with Gasteiger partial charge in [0.2, 0.25) is 0 Å². The fourth-order valence-corrected chi connectivity index (χ4v) is 3.50. The van der Waals surface area contributed by atoms with E-state index in [2.05, 4.69) is 81.4 Å². The summed E-state index contributed by atoms with van der Waals surface area (Å²) in [5.41, 5.74) is 3.36. The summed E-state index contributed by atoms with van der Waals surface area (Å²) in [6.45, 7) is 15.4. The number of nitrogens with one attached hydrogen (secondary N) is 2. The first-order valence-corrected chi connectivity index (χ1v) is 10.8. The summed E-state index contributed by atoms with van der Waals surface area (Å²) in [6.07, 6.45) is 0.906. The number of ether oxygens (including phenoxy) is 1. The highest BCUT2D eigenvalue weighted by molar-refractivity contribution is 7.11. The van der Waals surface area contributed by atoms with Crippen LogP contribution in [-0.2, 0) is 24.3 Å². The van der Waals surface area contributed by atoms with Gasteiger partial charge in [-0.1, -0.05) is 24.3 Å². The van der Waals surface area contributed by atoms with E-state index in [-0.39, 0.29) is 5.60 Å². The molecule has 0 aliphatic carbocycles. The van der Waals surface area contributed by atoms with Crippen molar-refractivity contribution in [2.75, 3.05) is 13.1 Å². The van der Waals surface area contributed by atoms with Crippen LogP contribution in [0.3, 0.4) is 0 Å². The first-order valence-electron chi connectivity index (χ1n) is 9.93. The minimum Gasteiger partial charge on any atom is -0.371 e. The summed E-state index contributed by atoms with van der Waals surface area (Å²) < 4.78 is 5.87. The molecule has 0 saturated carbocycles. The third-order valence-electron chi connectivity index (χ3n) is 4.13. The van der Waals surface area contributed by atoms with Crippen molar-refractivity contribution in [2.45, 2.75) is 66.7 Å².